The van der Waals surface area contributed by atoms with Crippen molar-refractivity contribution in [1.29, 1.82) is 0 Å². The summed E-state index contributed by atoms with van der Waals surface area (Å²) in [6, 6.07) is 17.0. The lowest BCUT2D eigenvalue weighted by molar-refractivity contribution is 0.343. The maximum atomic E-state index is 9.32. The summed E-state index contributed by atoms with van der Waals surface area (Å²) in [5.41, 5.74) is 4.82. The third-order valence-corrected chi connectivity index (χ3v) is 4.23. The lowest BCUT2D eigenvalue weighted by Gasteiger charge is -2.19. The van der Waals surface area contributed by atoms with E-state index < -0.39 is 0 Å². The average Bonchev–Trinajstić information content (AvgIpc) is 2.45. The van der Waals surface area contributed by atoms with E-state index >= 15 is 0 Å². The summed E-state index contributed by atoms with van der Waals surface area (Å²) in [7, 11) is 0. The van der Waals surface area contributed by atoms with Crippen molar-refractivity contribution in [2.24, 2.45) is 0 Å². The summed E-state index contributed by atoms with van der Waals surface area (Å²) in [5, 5.41) is 9.32. The standard InChI is InChI=1S/C19H21IO/c1-19(2,3)16-8-4-14(5-9-16)18(12-13-21)15-6-10-17(20)11-7-15/h4-12,21H,13H2,1-3H3. The van der Waals surface area contributed by atoms with Crippen LogP contribution in [0.1, 0.15) is 37.5 Å². The van der Waals surface area contributed by atoms with E-state index in [2.05, 4.69) is 91.9 Å². The van der Waals surface area contributed by atoms with E-state index in [1.54, 1.807) is 0 Å². The minimum absolute atomic E-state index is 0.0440. The van der Waals surface area contributed by atoms with Crippen molar-refractivity contribution < 1.29 is 5.11 Å². The van der Waals surface area contributed by atoms with Crippen molar-refractivity contribution in [3.8, 4) is 0 Å². The van der Waals surface area contributed by atoms with Crippen molar-refractivity contribution >= 4 is 28.2 Å². The Hall–Kier alpha value is -1.13. The molecule has 2 aromatic rings. The highest BCUT2D eigenvalue weighted by molar-refractivity contribution is 14.1. The first-order chi connectivity index (χ1) is 9.91. The zero-order chi connectivity index (χ0) is 15.5. The van der Waals surface area contributed by atoms with Gasteiger partial charge >= 0.3 is 0 Å². The Morgan fingerprint density at radius 1 is 0.952 bits per heavy atom. The molecule has 0 saturated carbocycles. The quantitative estimate of drug-likeness (QED) is 0.728. The average molecular weight is 392 g/mol. The van der Waals surface area contributed by atoms with Crippen molar-refractivity contribution in [3.05, 3.63) is 74.9 Å². The molecule has 1 nitrogen and oxygen atoms in total. The van der Waals surface area contributed by atoms with Gasteiger partial charge in [0.2, 0.25) is 0 Å². The molecule has 0 aromatic heterocycles. The van der Waals surface area contributed by atoms with Crippen LogP contribution in [0.4, 0.5) is 0 Å². The lowest BCUT2D eigenvalue weighted by Crippen LogP contribution is -2.10. The van der Waals surface area contributed by atoms with Crippen LogP contribution in [-0.2, 0) is 5.41 Å². The Morgan fingerprint density at radius 2 is 1.43 bits per heavy atom. The van der Waals surface area contributed by atoms with Gasteiger partial charge in [-0.3, -0.25) is 0 Å². The van der Waals surface area contributed by atoms with E-state index in [4.69, 9.17) is 0 Å². The van der Waals surface area contributed by atoms with Crippen LogP contribution in [0, 0.1) is 3.57 Å². The maximum Gasteiger partial charge on any atom is 0.0621 e. The van der Waals surface area contributed by atoms with Gasteiger partial charge in [-0.15, -0.1) is 0 Å². The fraction of sp³-hybridized carbons (Fsp3) is 0.263. The fourth-order valence-corrected chi connectivity index (χ4v) is 2.63. The van der Waals surface area contributed by atoms with E-state index in [9.17, 15) is 5.11 Å². The Bertz CT molecular complexity index is 616. The topological polar surface area (TPSA) is 20.2 Å². The van der Waals surface area contributed by atoms with Crippen LogP contribution in [-0.4, -0.2) is 11.7 Å². The van der Waals surface area contributed by atoms with Crippen molar-refractivity contribution in [3.63, 3.8) is 0 Å². The number of halogens is 1. The largest absolute Gasteiger partial charge is 0.392 e. The summed E-state index contributed by atoms with van der Waals surface area (Å²) < 4.78 is 1.21. The number of aliphatic hydroxyl groups excluding tert-OH is 1. The second-order valence-corrected chi connectivity index (χ2v) is 7.38. The van der Waals surface area contributed by atoms with Gasteiger partial charge in [0.1, 0.15) is 0 Å². The maximum absolute atomic E-state index is 9.32. The van der Waals surface area contributed by atoms with Crippen LogP contribution >= 0.6 is 22.6 Å². The molecule has 0 heterocycles. The summed E-state index contributed by atoms with van der Waals surface area (Å²) in [5.74, 6) is 0. The Balaban J connectivity index is 2.40. The van der Waals surface area contributed by atoms with Crippen molar-refractivity contribution in [1.82, 2.24) is 0 Å². The van der Waals surface area contributed by atoms with Crippen LogP contribution in [0.3, 0.4) is 0 Å². The Kier molecular flexibility index (Phi) is 5.22. The molecular formula is C19H21IO. The number of hydrogen-bond acceptors (Lipinski definition) is 1. The van der Waals surface area contributed by atoms with Gasteiger partial charge < -0.3 is 5.11 Å². The second-order valence-electron chi connectivity index (χ2n) is 6.13. The van der Waals surface area contributed by atoms with E-state index in [1.165, 1.54) is 9.13 Å². The summed E-state index contributed by atoms with van der Waals surface area (Å²) in [4.78, 5) is 0. The molecule has 0 saturated heterocycles. The fourth-order valence-electron chi connectivity index (χ4n) is 2.27. The van der Waals surface area contributed by atoms with Gasteiger partial charge in [-0.1, -0.05) is 63.2 Å². The molecule has 0 bridgehead atoms. The molecule has 2 aromatic carbocycles. The molecule has 0 fully saturated rings. The molecular weight excluding hydrogens is 371 g/mol. The predicted octanol–water partition coefficient (Wildman–Crippen LogP) is 5.01. The molecule has 0 radical (unpaired) electrons. The van der Waals surface area contributed by atoms with E-state index in [1.807, 2.05) is 6.08 Å². The normalized spacial score (nSPS) is 12.5. The summed E-state index contributed by atoms with van der Waals surface area (Å²) in [6.45, 7) is 6.69. The van der Waals surface area contributed by atoms with Gasteiger partial charge in [0, 0.05) is 3.57 Å². The van der Waals surface area contributed by atoms with E-state index in [0.717, 1.165) is 16.7 Å². The smallest absolute Gasteiger partial charge is 0.0621 e. The van der Waals surface area contributed by atoms with Crippen LogP contribution in [0.15, 0.2) is 54.6 Å². The predicted molar refractivity (Wildman–Crippen MR) is 98.5 cm³/mol. The SMILES string of the molecule is CC(C)(C)c1ccc(C(=CCO)c2ccc(I)cc2)cc1. The minimum Gasteiger partial charge on any atom is -0.392 e. The zero-order valence-corrected chi connectivity index (χ0v) is 14.9. The number of rotatable bonds is 3. The van der Waals surface area contributed by atoms with Gasteiger partial charge in [0.25, 0.3) is 0 Å². The lowest BCUT2D eigenvalue weighted by atomic mass is 9.85. The van der Waals surface area contributed by atoms with Gasteiger partial charge in [-0.2, -0.15) is 0 Å². The number of hydrogen-bond donors (Lipinski definition) is 1. The van der Waals surface area contributed by atoms with E-state index in [-0.39, 0.29) is 12.0 Å². The molecule has 0 spiro atoms. The molecule has 21 heavy (non-hydrogen) atoms. The Morgan fingerprint density at radius 3 is 1.86 bits per heavy atom. The molecule has 2 rings (SSSR count). The molecule has 0 amide bonds. The molecule has 0 unspecified atom stereocenters. The minimum atomic E-state index is 0.0440. The van der Waals surface area contributed by atoms with Crippen molar-refractivity contribution in [2.45, 2.75) is 26.2 Å². The van der Waals surface area contributed by atoms with Crippen LogP contribution in [0.5, 0.6) is 0 Å². The van der Waals surface area contributed by atoms with Crippen LogP contribution < -0.4 is 0 Å². The van der Waals surface area contributed by atoms with Gasteiger partial charge in [0.05, 0.1) is 6.61 Å². The molecule has 0 aliphatic carbocycles. The first kappa shape index (κ1) is 16.2. The second kappa shape index (κ2) is 6.75. The third kappa shape index (κ3) is 4.17. The highest BCUT2D eigenvalue weighted by Gasteiger charge is 2.13. The van der Waals surface area contributed by atoms with Gasteiger partial charge in [-0.25, -0.2) is 0 Å². The molecule has 1 N–H and O–H groups in total. The van der Waals surface area contributed by atoms with Crippen LogP contribution in [0.2, 0.25) is 0 Å². The molecule has 110 valence electrons. The first-order valence-corrected chi connectivity index (χ1v) is 8.17. The zero-order valence-electron chi connectivity index (χ0n) is 12.7. The monoisotopic (exact) mass is 392 g/mol. The van der Waals surface area contributed by atoms with E-state index in [0.29, 0.717) is 0 Å². The highest BCUT2D eigenvalue weighted by Crippen LogP contribution is 2.27. The molecule has 0 atom stereocenters. The number of benzene rings is 2. The molecule has 2 heteroatoms. The molecule has 0 aliphatic rings. The summed E-state index contributed by atoms with van der Waals surface area (Å²) in [6.07, 6.45) is 1.87. The number of aliphatic hydroxyl groups is 1. The Labute approximate surface area is 140 Å². The highest BCUT2D eigenvalue weighted by atomic mass is 127. The van der Waals surface area contributed by atoms with Crippen LogP contribution in [0.25, 0.3) is 5.57 Å². The van der Waals surface area contributed by atoms with Gasteiger partial charge in [-0.05, 0) is 62.4 Å². The molecule has 0 aliphatic heterocycles. The van der Waals surface area contributed by atoms with Crippen molar-refractivity contribution in [2.75, 3.05) is 6.61 Å². The third-order valence-electron chi connectivity index (χ3n) is 3.51. The summed E-state index contributed by atoms with van der Waals surface area (Å²) >= 11 is 2.30. The van der Waals surface area contributed by atoms with Gasteiger partial charge in [0.15, 0.2) is 0 Å². The first-order valence-electron chi connectivity index (χ1n) is 7.09.